The van der Waals surface area contributed by atoms with Gasteiger partial charge in [-0.25, -0.2) is 4.79 Å². The van der Waals surface area contributed by atoms with E-state index >= 15 is 0 Å². The summed E-state index contributed by atoms with van der Waals surface area (Å²) in [5.41, 5.74) is 5.18. The fourth-order valence-electron chi connectivity index (χ4n) is 1.35. The van der Waals surface area contributed by atoms with Crippen LogP contribution in [0.4, 0.5) is 4.79 Å². The number of nitrogens with zero attached hydrogens (tertiary/aromatic N) is 1. The van der Waals surface area contributed by atoms with Crippen LogP contribution in [0.3, 0.4) is 0 Å². The monoisotopic (exact) mass is 232 g/mol. The van der Waals surface area contributed by atoms with Gasteiger partial charge in [-0.3, -0.25) is 0 Å². The van der Waals surface area contributed by atoms with Gasteiger partial charge in [0.05, 0.1) is 0 Å². The summed E-state index contributed by atoms with van der Waals surface area (Å²) in [6, 6.07) is 0. The van der Waals surface area contributed by atoms with E-state index in [2.05, 4.69) is 0 Å². The molecule has 0 bridgehead atoms. The fraction of sp³-hybridized carbons (Fsp3) is 0.900. The fourth-order valence-corrected chi connectivity index (χ4v) is 2.43. The topological polar surface area (TPSA) is 55.6 Å². The van der Waals surface area contributed by atoms with Crippen molar-refractivity contribution < 1.29 is 9.53 Å². The number of hydrogen-bond acceptors (Lipinski definition) is 4. The molecule has 1 rings (SSSR count). The second-order valence-electron chi connectivity index (χ2n) is 4.65. The molecule has 15 heavy (non-hydrogen) atoms. The zero-order valence-electron chi connectivity index (χ0n) is 9.66. The van der Waals surface area contributed by atoms with Gasteiger partial charge in [-0.05, 0) is 20.8 Å². The van der Waals surface area contributed by atoms with Crippen molar-refractivity contribution in [3.05, 3.63) is 0 Å². The van der Waals surface area contributed by atoms with Gasteiger partial charge in [-0.2, -0.15) is 11.8 Å². The quantitative estimate of drug-likeness (QED) is 0.740. The molecule has 2 N–H and O–H groups in total. The van der Waals surface area contributed by atoms with Gasteiger partial charge in [0.2, 0.25) is 0 Å². The minimum atomic E-state index is -0.417. The number of nitrogens with two attached hydrogens (primary N) is 1. The minimum Gasteiger partial charge on any atom is -0.444 e. The van der Waals surface area contributed by atoms with Gasteiger partial charge in [0.15, 0.2) is 0 Å². The Bertz CT molecular complexity index is 228. The number of carbonyl (C=O) groups is 1. The van der Waals surface area contributed by atoms with E-state index in [-0.39, 0.29) is 6.09 Å². The van der Waals surface area contributed by atoms with E-state index < -0.39 is 5.60 Å². The van der Waals surface area contributed by atoms with Crippen LogP contribution in [0.1, 0.15) is 20.8 Å². The van der Waals surface area contributed by atoms with Crippen molar-refractivity contribution in [1.82, 2.24) is 4.90 Å². The summed E-state index contributed by atoms with van der Waals surface area (Å²) >= 11 is 1.83. The second kappa shape index (κ2) is 5.07. The highest BCUT2D eigenvalue weighted by molar-refractivity contribution is 8.00. The Morgan fingerprint density at radius 2 is 2.27 bits per heavy atom. The Kier molecular flexibility index (Phi) is 4.28. The number of carbonyl (C=O) groups excluding carboxylic acids is 1. The number of rotatable bonds is 1. The van der Waals surface area contributed by atoms with Crippen molar-refractivity contribution in [2.24, 2.45) is 5.73 Å². The third-order valence-corrected chi connectivity index (χ3v) is 3.28. The van der Waals surface area contributed by atoms with E-state index in [1.165, 1.54) is 0 Å². The highest BCUT2D eigenvalue weighted by Crippen LogP contribution is 2.19. The van der Waals surface area contributed by atoms with Crippen molar-refractivity contribution >= 4 is 17.9 Å². The first-order valence-electron chi connectivity index (χ1n) is 5.22. The third-order valence-electron chi connectivity index (χ3n) is 2.05. The van der Waals surface area contributed by atoms with Crippen LogP contribution in [0.15, 0.2) is 0 Å². The van der Waals surface area contributed by atoms with Gasteiger partial charge in [0.1, 0.15) is 5.60 Å². The van der Waals surface area contributed by atoms with Crippen LogP contribution in [0.2, 0.25) is 0 Å². The lowest BCUT2D eigenvalue weighted by Crippen LogP contribution is -2.46. The largest absolute Gasteiger partial charge is 0.444 e. The molecule has 1 aliphatic heterocycles. The Morgan fingerprint density at radius 1 is 1.60 bits per heavy atom. The Hall–Kier alpha value is -0.420. The normalized spacial score (nSPS) is 22.7. The molecule has 0 aromatic carbocycles. The van der Waals surface area contributed by atoms with Crippen LogP contribution in [-0.2, 0) is 4.74 Å². The molecule has 4 nitrogen and oxygen atoms in total. The van der Waals surface area contributed by atoms with Crippen LogP contribution in [0.25, 0.3) is 0 Å². The summed E-state index contributed by atoms with van der Waals surface area (Å²) in [5, 5.41) is 0.353. The SMILES string of the molecule is CC(C)(C)OC(=O)N1CCSC(CN)C1. The molecular formula is C10H20N2O2S. The molecule has 0 aromatic heterocycles. The van der Waals surface area contributed by atoms with Crippen molar-refractivity contribution in [2.45, 2.75) is 31.6 Å². The summed E-state index contributed by atoms with van der Waals surface area (Å²) < 4.78 is 5.31. The maximum Gasteiger partial charge on any atom is 0.410 e. The van der Waals surface area contributed by atoms with Crippen LogP contribution < -0.4 is 5.73 Å². The first-order valence-corrected chi connectivity index (χ1v) is 6.27. The predicted octanol–water partition coefficient (Wildman–Crippen LogP) is 1.30. The zero-order valence-corrected chi connectivity index (χ0v) is 10.5. The number of hydrogen-bond donors (Lipinski definition) is 1. The van der Waals surface area contributed by atoms with Gasteiger partial charge in [0.25, 0.3) is 0 Å². The summed E-state index contributed by atoms with van der Waals surface area (Å²) in [4.78, 5) is 13.5. The lowest BCUT2D eigenvalue weighted by Gasteiger charge is -2.33. The molecule has 1 fully saturated rings. The molecule has 5 heteroatoms. The highest BCUT2D eigenvalue weighted by atomic mass is 32.2. The zero-order chi connectivity index (χ0) is 11.5. The van der Waals surface area contributed by atoms with Crippen LogP contribution in [0.5, 0.6) is 0 Å². The van der Waals surface area contributed by atoms with E-state index in [1.54, 1.807) is 4.90 Å². The third kappa shape index (κ3) is 4.30. The minimum absolute atomic E-state index is 0.221. The maximum atomic E-state index is 11.7. The van der Waals surface area contributed by atoms with Gasteiger partial charge in [0, 0.05) is 30.6 Å². The van der Waals surface area contributed by atoms with Crippen molar-refractivity contribution in [1.29, 1.82) is 0 Å². The average Bonchev–Trinajstić information content (AvgIpc) is 2.15. The summed E-state index contributed by atoms with van der Waals surface area (Å²) in [5.74, 6) is 0.946. The molecule has 1 amide bonds. The molecule has 0 spiro atoms. The van der Waals surface area contributed by atoms with Gasteiger partial charge < -0.3 is 15.4 Å². The van der Waals surface area contributed by atoms with Gasteiger partial charge in [-0.15, -0.1) is 0 Å². The summed E-state index contributed by atoms with van der Waals surface area (Å²) in [6.07, 6.45) is -0.221. The molecule has 0 saturated carbocycles. The first-order chi connectivity index (χ1) is 6.92. The van der Waals surface area contributed by atoms with E-state index in [0.717, 1.165) is 12.3 Å². The standard InChI is InChI=1S/C10H20N2O2S/c1-10(2,3)14-9(13)12-4-5-15-8(6-11)7-12/h8H,4-7,11H2,1-3H3. The van der Waals surface area contributed by atoms with E-state index in [1.807, 2.05) is 32.5 Å². The Balaban J connectivity index is 2.45. The van der Waals surface area contributed by atoms with E-state index in [4.69, 9.17) is 10.5 Å². The van der Waals surface area contributed by atoms with E-state index in [9.17, 15) is 4.79 Å². The first kappa shape index (κ1) is 12.6. The maximum absolute atomic E-state index is 11.7. The Morgan fingerprint density at radius 3 is 2.80 bits per heavy atom. The lowest BCUT2D eigenvalue weighted by atomic mass is 10.2. The summed E-state index contributed by atoms with van der Waals surface area (Å²) in [7, 11) is 0. The number of thioether (sulfide) groups is 1. The van der Waals surface area contributed by atoms with Crippen molar-refractivity contribution in [3.8, 4) is 0 Å². The molecule has 1 atom stereocenters. The molecular weight excluding hydrogens is 212 g/mol. The summed E-state index contributed by atoms with van der Waals surface area (Å²) in [6.45, 7) is 7.72. The highest BCUT2D eigenvalue weighted by Gasteiger charge is 2.27. The molecule has 0 aromatic rings. The van der Waals surface area contributed by atoms with Gasteiger partial charge in [-0.1, -0.05) is 0 Å². The number of ether oxygens (including phenoxy) is 1. The van der Waals surface area contributed by atoms with Gasteiger partial charge >= 0.3 is 6.09 Å². The van der Waals surface area contributed by atoms with Crippen molar-refractivity contribution in [3.63, 3.8) is 0 Å². The average molecular weight is 232 g/mol. The molecule has 1 unspecified atom stereocenters. The molecule has 1 heterocycles. The second-order valence-corrected chi connectivity index (χ2v) is 6.06. The Labute approximate surface area is 95.5 Å². The van der Waals surface area contributed by atoms with Crippen LogP contribution in [-0.4, -0.2) is 47.2 Å². The predicted molar refractivity (Wildman–Crippen MR) is 63.1 cm³/mol. The molecule has 0 aliphatic carbocycles. The molecule has 1 aliphatic rings. The molecule has 0 radical (unpaired) electrons. The molecule has 1 saturated heterocycles. The van der Waals surface area contributed by atoms with Crippen LogP contribution >= 0.6 is 11.8 Å². The lowest BCUT2D eigenvalue weighted by molar-refractivity contribution is 0.0258. The number of amides is 1. The van der Waals surface area contributed by atoms with Crippen molar-refractivity contribution in [2.75, 3.05) is 25.4 Å². The smallest absolute Gasteiger partial charge is 0.410 e. The van der Waals surface area contributed by atoms with Crippen LogP contribution in [0, 0.1) is 0 Å². The van der Waals surface area contributed by atoms with E-state index in [0.29, 0.717) is 18.3 Å². The molecule has 88 valence electrons.